The summed E-state index contributed by atoms with van der Waals surface area (Å²) >= 11 is 0. The van der Waals surface area contributed by atoms with Gasteiger partial charge in [-0.05, 0) is 61.4 Å². The van der Waals surface area contributed by atoms with Crippen LogP contribution in [0.3, 0.4) is 0 Å². The Hall–Kier alpha value is -2.32. The Bertz CT molecular complexity index is 1130. The van der Waals surface area contributed by atoms with Crippen LogP contribution in [0.1, 0.15) is 32.1 Å². The zero-order valence-corrected chi connectivity index (χ0v) is 18.7. The standard InChI is InChI=1S/C24H21F4O2S2/c25-19-8-4-9-20(26)23(19)31(24-21(27)10-5-11-22(24)28)16-12-14-18(15-13-16)32(29,30)17-6-2-1-3-7-17/h4-5,8-15,17H,1-3,6-7H2/q+1. The van der Waals surface area contributed by atoms with Gasteiger partial charge in [0.2, 0.25) is 9.79 Å². The van der Waals surface area contributed by atoms with E-state index in [9.17, 15) is 26.0 Å². The lowest BCUT2D eigenvalue weighted by molar-refractivity contribution is 0.483. The number of rotatable bonds is 5. The Labute approximate surface area is 187 Å². The third kappa shape index (κ3) is 4.30. The van der Waals surface area contributed by atoms with Crippen molar-refractivity contribution in [2.24, 2.45) is 0 Å². The second-order valence-electron chi connectivity index (χ2n) is 7.68. The average Bonchev–Trinajstić information content (AvgIpc) is 2.78. The molecule has 0 N–H and O–H groups in total. The second kappa shape index (κ2) is 9.27. The number of hydrogen-bond acceptors (Lipinski definition) is 2. The van der Waals surface area contributed by atoms with E-state index in [0.717, 1.165) is 43.5 Å². The highest BCUT2D eigenvalue weighted by atomic mass is 32.2. The SMILES string of the molecule is O=S(=O)(c1ccc([S+](c2c(F)cccc2F)c2c(F)cccc2F)cc1)C1CCCCC1. The molecule has 0 bridgehead atoms. The van der Waals surface area contributed by atoms with Crippen LogP contribution in [0.25, 0.3) is 0 Å². The fraction of sp³-hybridized carbons (Fsp3) is 0.250. The summed E-state index contributed by atoms with van der Waals surface area (Å²) in [5.41, 5.74) is 0. The minimum Gasteiger partial charge on any atom is -0.223 e. The highest BCUT2D eigenvalue weighted by Gasteiger charge is 2.40. The Morgan fingerprint density at radius 3 is 1.53 bits per heavy atom. The van der Waals surface area contributed by atoms with Crippen LogP contribution < -0.4 is 0 Å². The monoisotopic (exact) mass is 481 g/mol. The largest absolute Gasteiger partial charge is 0.237 e. The van der Waals surface area contributed by atoms with E-state index in [2.05, 4.69) is 0 Å². The number of halogens is 4. The van der Waals surface area contributed by atoms with Gasteiger partial charge in [0.05, 0.1) is 10.1 Å². The minimum atomic E-state index is -3.56. The normalized spacial score (nSPS) is 15.3. The molecule has 1 saturated carbocycles. The van der Waals surface area contributed by atoms with Gasteiger partial charge in [-0.3, -0.25) is 0 Å². The Kier molecular flexibility index (Phi) is 6.62. The van der Waals surface area contributed by atoms with Crippen LogP contribution in [0.5, 0.6) is 0 Å². The highest BCUT2D eigenvalue weighted by Crippen LogP contribution is 2.38. The van der Waals surface area contributed by atoms with Crippen molar-refractivity contribution in [3.05, 3.63) is 83.9 Å². The van der Waals surface area contributed by atoms with Gasteiger partial charge in [0.1, 0.15) is 10.9 Å². The van der Waals surface area contributed by atoms with E-state index in [0.29, 0.717) is 12.8 Å². The fourth-order valence-corrected chi connectivity index (χ4v) is 8.02. The summed E-state index contributed by atoms with van der Waals surface area (Å²) in [5.74, 6) is -3.74. The maximum Gasteiger partial charge on any atom is 0.237 e. The molecular weight excluding hydrogens is 460 g/mol. The lowest BCUT2D eigenvalue weighted by Gasteiger charge is -2.21. The van der Waals surface area contributed by atoms with Crippen molar-refractivity contribution in [3.8, 4) is 0 Å². The van der Waals surface area contributed by atoms with Gasteiger partial charge >= 0.3 is 0 Å². The van der Waals surface area contributed by atoms with Gasteiger partial charge in [0.25, 0.3) is 0 Å². The van der Waals surface area contributed by atoms with Gasteiger partial charge in [0, 0.05) is 0 Å². The van der Waals surface area contributed by atoms with Crippen molar-refractivity contribution < 1.29 is 26.0 Å². The molecule has 1 aliphatic carbocycles. The smallest absolute Gasteiger partial charge is 0.223 e. The van der Waals surface area contributed by atoms with E-state index in [1.807, 2.05) is 0 Å². The average molecular weight is 482 g/mol. The van der Waals surface area contributed by atoms with Crippen molar-refractivity contribution in [1.29, 1.82) is 0 Å². The van der Waals surface area contributed by atoms with Gasteiger partial charge in [-0.2, -0.15) is 0 Å². The van der Waals surface area contributed by atoms with E-state index in [-0.39, 0.29) is 9.79 Å². The molecule has 32 heavy (non-hydrogen) atoms. The van der Waals surface area contributed by atoms with E-state index in [1.165, 1.54) is 36.4 Å². The van der Waals surface area contributed by atoms with Gasteiger partial charge in [0.15, 0.2) is 38.0 Å². The van der Waals surface area contributed by atoms with Gasteiger partial charge in [-0.25, -0.2) is 26.0 Å². The highest BCUT2D eigenvalue weighted by molar-refractivity contribution is 7.97. The number of sulfone groups is 1. The van der Waals surface area contributed by atoms with Crippen LogP contribution in [0.4, 0.5) is 17.6 Å². The maximum atomic E-state index is 14.7. The predicted molar refractivity (Wildman–Crippen MR) is 115 cm³/mol. The molecule has 1 aliphatic rings. The summed E-state index contributed by atoms with van der Waals surface area (Å²) in [7, 11) is -5.36. The molecule has 8 heteroatoms. The van der Waals surface area contributed by atoms with Gasteiger partial charge in [-0.1, -0.05) is 31.4 Å². The summed E-state index contributed by atoms with van der Waals surface area (Å²) in [6.45, 7) is 0. The topological polar surface area (TPSA) is 34.1 Å². The first kappa shape index (κ1) is 22.9. The first-order chi connectivity index (χ1) is 15.3. The molecule has 0 radical (unpaired) electrons. The molecule has 0 aliphatic heterocycles. The first-order valence-electron chi connectivity index (χ1n) is 10.3. The van der Waals surface area contributed by atoms with Crippen molar-refractivity contribution in [2.75, 3.05) is 0 Å². The van der Waals surface area contributed by atoms with Crippen LogP contribution in [0.2, 0.25) is 0 Å². The molecule has 3 aromatic carbocycles. The molecular formula is C24H21F4O2S2+. The van der Waals surface area contributed by atoms with E-state index < -0.39 is 59.0 Å². The van der Waals surface area contributed by atoms with Crippen molar-refractivity contribution in [1.82, 2.24) is 0 Å². The third-order valence-electron chi connectivity index (χ3n) is 5.63. The summed E-state index contributed by atoms with van der Waals surface area (Å²) in [5, 5.41) is -0.464. The minimum absolute atomic E-state index is 0.0970. The van der Waals surface area contributed by atoms with E-state index in [1.54, 1.807) is 0 Å². The van der Waals surface area contributed by atoms with Gasteiger partial charge in [-0.15, -0.1) is 0 Å². The molecule has 0 amide bonds. The summed E-state index contributed by atoms with van der Waals surface area (Å²) < 4.78 is 84.7. The quantitative estimate of drug-likeness (QED) is 0.310. The zero-order chi connectivity index (χ0) is 22.9. The molecule has 0 saturated heterocycles. The summed E-state index contributed by atoms with van der Waals surface area (Å²) in [4.78, 5) is -0.640. The molecule has 0 unspecified atom stereocenters. The van der Waals surface area contributed by atoms with Crippen LogP contribution in [-0.4, -0.2) is 13.7 Å². The third-order valence-corrected chi connectivity index (χ3v) is 10.2. The first-order valence-corrected chi connectivity index (χ1v) is 13.0. The molecule has 2 nitrogen and oxygen atoms in total. The Morgan fingerprint density at radius 2 is 1.09 bits per heavy atom. The van der Waals surface area contributed by atoms with E-state index >= 15 is 0 Å². The number of benzene rings is 3. The van der Waals surface area contributed by atoms with Crippen molar-refractivity contribution in [3.63, 3.8) is 0 Å². The summed E-state index contributed by atoms with van der Waals surface area (Å²) in [6.07, 6.45) is 3.90. The lowest BCUT2D eigenvalue weighted by Crippen LogP contribution is -2.24. The second-order valence-corrected chi connectivity index (χ2v) is 11.8. The molecule has 1 fully saturated rings. The molecule has 0 atom stereocenters. The lowest BCUT2D eigenvalue weighted by atomic mass is 10.0. The Balaban J connectivity index is 1.83. The molecule has 3 aromatic rings. The van der Waals surface area contributed by atoms with Crippen LogP contribution in [0, 0.1) is 23.3 Å². The fourth-order valence-electron chi connectivity index (χ4n) is 4.03. The molecule has 0 spiro atoms. The van der Waals surface area contributed by atoms with Crippen LogP contribution in [-0.2, 0) is 20.7 Å². The predicted octanol–water partition coefficient (Wildman–Crippen LogP) is 6.44. The molecule has 4 rings (SSSR count). The summed E-state index contributed by atoms with van der Waals surface area (Å²) in [6, 6.07) is 11.9. The van der Waals surface area contributed by atoms with Gasteiger partial charge < -0.3 is 0 Å². The van der Waals surface area contributed by atoms with Crippen LogP contribution >= 0.6 is 0 Å². The molecule has 168 valence electrons. The molecule has 0 heterocycles. The van der Waals surface area contributed by atoms with Crippen molar-refractivity contribution in [2.45, 2.75) is 56.9 Å². The number of hydrogen-bond donors (Lipinski definition) is 0. The van der Waals surface area contributed by atoms with Crippen LogP contribution in [0.15, 0.2) is 80.2 Å². The molecule has 0 aromatic heterocycles. The Morgan fingerprint density at radius 1 is 0.656 bits per heavy atom. The van der Waals surface area contributed by atoms with E-state index in [4.69, 9.17) is 0 Å². The zero-order valence-electron chi connectivity index (χ0n) is 17.0. The maximum absolute atomic E-state index is 14.7. The van der Waals surface area contributed by atoms with Crippen molar-refractivity contribution >= 4 is 20.7 Å².